The third-order valence-electron chi connectivity index (χ3n) is 2.61. The summed E-state index contributed by atoms with van der Waals surface area (Å²) < 4.78 is 25.7. The summed E-state index contributed by atoms with van der Waals surface area (Å²) in [4.78, 5) is 0.456. The normalized spacial score (nSPS) is 12.4. The molecule has 0 bridgehead atoms. The van der Waals surface area contributed by atoms with E-state index in [4.69, 9.17) is 15.6 Å². The van der Waals surface area contributed by atoms with Crippen molar-refractivity contribution in [3.05, 3.63) is 29.3 Å². The quantitative estimate of drug-likeness (QED) is 0.727. The minimum atomic E-state index is -3.62. The molecule has 8 heteroatoms. The lowest BCUT2D eigenvalue weighted by Crippen LogP contribution is -2.34. The highest BCUT2D eigenvalue weighted by Gasteiger charge is 2.25. The third kappa shape index (κ3) is 4.45. The lowest BCUT2D eigenvalue weighted by molar-refractivity contribution is 0.301. The van der Waals surface area contributed by atoms with Crippen molar-refractivity contribution in [3.63, 3.8) is 0 Å². The van der Waals surface area contributed by atoms with Gasteiger partial charge in [0.15, 0.2) is 0 Å². The van der Waals surface area contributed by atoms with Crippen LogP contribution in [0, 0.1) is 22.7 Å². The van der Waals surface area contributed by atoms with Gasteiger partial charge in [-0.3, -0.25) is 0 Å². The van der Waals surface area contributed by atoms with Crippen LogP contribution in [0.3, 0.4) is 0 Å². The zero-order chi connectivity index (χ0) is 15.9. The molecular weight excluding hydrogens is 310 g/mol. The first-order valence-corrected chi connectivity index (χ1v) is 8.62. The first kappa shape index (κ1) is 17.5. The van der Waals surface area contributed by atoms with Crippen LogP contribution in [0.5, 0.6) is 0 Å². The van der Waals surface area contributed by atoms with Gasteiger partial charge in [-0.15, -0.1) is 11.8 Å². The minimum Gasteiger partial charge on any atom is -0.395 e. The van der Waals surface area contributed by atoms with Gasteiger partial charge in [0, 0.05) is 11.4 Å². The number of thioether (sulfide) groups is 1. The largest absolute Gasteiger partial charge is 0.395 e. The second-order valence-corrected chi connectivity index (χ2v) is 7.51. The summed E-state index contributed by atoms with van der Waals surface area (Å²) in [7, 11) is -3.62. The molecule has 1 atom stereocenters. The van der Waals surface area contributed by atoms with Crippen LogP contribution in [0.4, 0.5) is 0 Å². The predicted octanol–water partition coefficient (Wildman–Crippen LogP) is 1.17. The van der Waals surface area contributed by atoms with Crippen LogP contribution in [0.15, 0.2) is 23.1 Å². The summed E-state index contributed by atoms with van der Waals surface area (Å²) in [5.74, 6) is 0. The van der Waals surface area contributed by atoms with Gasteiger partial charge in [0.1, 0.15) is 16.7 Å². The highest BCUT2D eigenvalue weighted by Crippen LogP contribution is 2.32. The average molecular weight is 325 g/mol. The Morgan fingerprint density at radius 1 is 1.38 bits per heavy atom. The van der Waals surface area contributed by atoms with E-state index in [0.717, 1.165) is 11.8 Å². The number of rotatable bonds is 7. The fourth-order valence-electron chi connectivity index (χ4n) is 1.63. The highest BCUT2D eigenvalue weighted by atomic mass is 32.3. The first-order chi connectivity index (χ1) is 10.00. The van der Waals surface area contributed by atoms with Gasteiger partial charge < -0.3 is 5.11 Å². The molecule has 1 unspecified atom stereocenters. The second kappa shape index (κ2) is 8.01. The molecule has 0 fully saturated rings. The molecule has 0 heterocycles. The van der Waals surface area contributed by atoms with E-state index in [0.29, 0.717) is 11.3 Å². The molecule has 0 saturated carbocycles. The number of sulfonamides is 1. The van der Waals surface area contributed by atoms with Gasteiger partial charge >= 0.3 is 0 Å². The van der Waals surface area contributed by atoms with Crippen LogP contribution in [-0.4, -0.2) is 31.3 Å². The molecule has 0 saturated heterocycles. The molecular formula is C13H15N3O3S2. The van der Waals surface area contributed by atoms with Gasteiger partial charge in [-0.2, -0.15) is 10.5 Å². The Morgan fingerprint density at radius 2 is 2.10 bits per heavy atom. The fourth-order valence-corrected chi connectivity index (χ4v) is 4.53. The van der Waals surface area contributed by atoms with Gasteiger partial charge in [0.2, 0.25) is 10.0 Å². The maximum Gasteiger partial charge on any atom is 0.224 e. The predicted molar refractivity (Wildman–Crippen MR) is 79.8 cm³/mol. The molecule has 0 aliphatic carbocycles. The Labute approximate surface area is 128 Å². The summed E-state index contributed by atoms with van der Waals surface area (Å²) in [6.45, 7) is 1.38. The van der Waals surface area contributed by atoms with Gasteiger partial charge in [0.05, 0.1) is 17.7 Å². The van der Waals surface area contributed by atoms with Crippen molar-refractivity contribution in [1.82, 2.24) is 4.72 Å². The monoisotopic (exact) mass is 325 g/mol. The summed E-state index contributed by atoms with van der Waals surface area (Å²) in [6, 6.07) is 8.61. The molecule has 6 nitrogen and oxygen atoms in total. The maximum atomic E-state index is 12.1. The highest BCUT2D eigenvalue weighted by molar-refractivity contribution is 8.12. The summed E-state index contributed by atoms with van der Waals surface area (Å²) in [5, 5.41) is 26.8. The maximum absolute atomic E-state index is 12.1. The van der Waals surface area contributed by atoms with Crippen LogP contribution < -0.4 is 4.72 Å². The molecule has 0 aliphatic rings. The van der Waals surface area contributed by atoms with E-state index in [9.17, 15) is 8.42 Å². The standard InChI is InChI=1S/C13H15N3O3S2/c1-2-13(21(18,19)16-6-7-17)20-12-5-3-4-10(8-14)11(12)9-15/h3-5,13,16-17H,2,6-7H2,1H3. The Kier molecular flexibility index (Phi) is 6.66. The Balaban J connectivity index is 3.09. The van der Waals surface area contributed by atoms with Crippen molar-refractivity contribution in [1.29, 1.82) is 10.5 Å². The van der Waals surface area contributed by atoms with Gasteiger partial charge in [-0.25, -0.2) is 13.1 Å². The smallest absolute Gasteiger partial charge is 0.224 e. The number of aliphatic hydroxyl groups excluding tert-OH is 1. The van der Waals surface area contributed by atoms with E-state index in [2.05, 4.69) is 4.72 Å². The molecule has 2 N–H and O–H groups in total. The molecule has 1 aromatic rings. The molecule has 0 aliphatic heterocycles. The van der Waals surface area contributed by atoms with Crippen molar-refractivity contribution in [3.8, 4) is 12.1 Å². The molecule has 21 heavy (non-hydrogen) atoms. The van der Waals surface area contributed by atoms with Crippen LogP contribution in [0.2, 0.25) is 0 Å². The number of hydrogen-bond acceptors (Lipinski definition) is 6. The average Bonchev–Trinajstić information content (AvgIpc) is 2.49. The zero-order valence-electron chi connectivity index (χ0n) is 11.4. The van der Waals surface area contributed by atoms with E-state index in [1.165, 1.54) is 6.07 Å². The molecule has 0 radical (unpaired) electrons. The summed E-state index contributed by atoms with van der Waals surface area (Å²) in [6.07, 6.45) is 0.326. The second-order valence-electron chi connectivity index (χ2n) is 4.02. The van der Waals surface area contributed by atoms with Crippen molar-refractivity contribution in [2.24, 2.45) is 0 Å². The molecule has 0 spiro atoms. The van der Waals surface area contributed by atoms with E-state index in [-0.39, 0.29) is 24.3 Å². The van der Waals surface area contributed by atoms with Crippen LogP contribution in [0.25, 0.3) is 0 Å². The van der Waals surface area contributed by atoms with Crippen LogP contribution in [-0.2, 0) is 10.0 Å². The lowest BCUT2D eigenvalue weighted by Gasteiger charge is -2.16. The fraction of sp³-hybridized carbons (Fsp3) is 0.385. The van der Waals surface area contributed by atoms with E-state index in [1.807, 2.05) is 12.1 Å². The third-order valence-corrected chi connectivity index (χ3v) is 6.48. The lowest BCUT2D eigenvalue weighted by atomic mass is 10.1. The molecule has 0 amide bonds. The van der Waals surface area contributed by atoms with Crippen LogP contribution in [0.1, 0.15) is 24.5 Å². The Bertz CT molecular complexity index is 675. The number of nitrogens with one attached hydrogen (secondary N) is 1. The zero-order valence-corrected chi connectivity index (χ0v) is 13.0. The number of benzene rings is 1. The van der Waals surface area contributed by atoms with Gasteiger partial charge in [0.25, 0.3) is 0 Å². The Hall–Kier alpha value is -1.58. The summed E-state index contributed by atoms with van der Waals surface area (Å²) >= 11 is 1.02. The number of hydrogen-bond donors (Lipinski definition) is 2. The van der Waals surface area contributed by atoms with Crippen molar-refractivity contribution in [2.45, 2.75) is 22.8 Å². The minimum absolute atomic E-state index is 0.0528. The molecule has 1 rings (SSSR count). The number of nitriles is 2. The van der Waals surface area contributed by atoms with Gasteiger partial charge in [-0.1, -0.05) is 13.0 Å². The Morgan fingerprint density at radius 3 is 2.62 bits per heavy atom. The van der Waals surface area contributed by atoms with Crippen LogP contribution >= 0.6 is 11.8 Å². The van der Waals surface area contributed by atoms with E-state index in [1.54, 1.807) is 19.1 Å². The SMILES string of the molecule is CCC(Sc1cccc(C#N)c1C#N)S(=O)(=O)NCCO. The number of nitrogens with zero attached hydrogens (tertiary/aromatic N) is 2. The van der Waals surface area contributed by atoms with Crippen molar-refractivity contribution < 1.29 is 13.5 Å². The van der Waals surface area contributed by atoms with E-state index >= 15 is 0 Å². The molecule has 1 aromatic carbocycles. The summed E-state index contributed by atoms with van der Waals surface area (Å²) in [5.41, 5.74) is 0.402. The first-order valence-electron chi connectivity index (χ1n) is 6.19. The van der Waals surface area contributed by atoms with Crippen molar-refractivity contribution >= 4 is 21.8 Å². The van der Waals surface area contributed by atoms with Crippen molar-refractivity contribution in [2.75, 3.05) is 13.2 Å². The molecule has 0 aromatic heterocycles. The topological polar surface area (TPSA) is 114 Å². The van der Waals surface area contributed by atoms with E-state index < -0.39 is 14.6 Å². The van der Waals surface area contributed by atoms with Gasteiger partial charge in [-0.05, 0) is 18.6 Å². The number of aliphatic hydroxyl groups is 1. The molecule has 112 valence electrons.